The fourth-order valence-corrected chi connectivity index (χ4v) is 4.25. The van der Waals surface area contributed by atoms with E-state index in [9.17, 15) is 51.1 Å². The molecule has 3 aliphatic rings. The summed E-state index contributed by atoms with van der Waals surface area (Å²) in [6.45, 7) is -0.624. The molecule has 0 bridgehead atoms. The molecule has 15 atom stereocenters. The lowest BCUT2D eigenvalue weighted by Crippen LogP contribution is -2.66. The lowest BCUT2D eigenvalue weighted by atomic mass is 9.94. The van der Waals surface area contributed by atoms with Crippen molar-refractivity contribution in [1.82, 2.24) is 0 Å². The highest BCUT2D eigenvalue weighted by molar-refractivity contribution is 4.96. The average molecular weight is 502 g/mol. The zero-order chi connectivity index (χ0) is 25.3. The van der Waals surface area contributed by atoms with Crippen molar-refractivity contribution in [1.29, 1.82) is 0 Å². The third kappa shape index (κ3) is 5.39. The van der Waals surface area contributed by atoms with E-state index in [1.165, 1.54) is 6.92 Å². The summed E-state index contributed by atoms with van der Waals surface area (Å²) in [4.78, 5) is 0. The number of hydrogen-bond acceptors (Lipinski definition) is 15. The molecule has 0 aromatic rings. The van der Waals surface area contributed by atoms with Crippen LogP contribution in [0.25, 0.3) is 0 Å². The van der Waals surface area contributed by atoms with Crippen LogP contribution in [0.2, 0.25) is 0 Å². The molecule has 0 radical (unpaired) electrons. The van der Waals surface area contributed by atoms with Gasteiger partial charge in [-0.05, 0) is 6.92 Å². The van der Waals surface area contributed by atoms with E-state index in [2.05, 4.69) is 0 Å². The first-order valence-electron chi connectivity index (χ1n) is 10.9. The van der Waals surface area contributed by atoms with E-state index >= 15 is 0 Å². The third-order valence-corrected chi connectivity index (χ3v) is 6.36. The molecule has 0 saturated carbocycles. The smallest absolute Gasteiger partial charge is 0.187 e. The lowest BCUT2D eigenvalue weighted by molar-refractivity contribution is -0.373. The maximum absolute atomic E-state index is 10.8. The summed E-state index contributed by atoms with van der Waals surface area (Å²) >= 11 is 0. The van der Waals surface area contributed by atoms with E-state index in [4.69, 9.17) is 23.7 Å². The number of ether oxygens (including phenoxy) is 5. The van der Waals surface area contributed by atoms with E-state index in [1.807, 2.05) is 0 Å². The van der Waals surface area contributed by atoms with Gasteiger partial charge in [-0.1, -0.05) is 0 Å². The standard InChI is InChI=1S/C19H34O15/c1-5-9(23)16(11(25)7(3-21)30-5)33-19-15(29)17(12(26)8(4-22)32-19)34-18-14(28)13(27)10(24)6(2-20)31-18/h5-29H,2-4H2,1H3/t5-,6?,7?,8?,9+,10+,11+,12+,13?,14-,15-,16?,17?,18-,19-/m0/s1. The highest BCUT2D eigenvalue weighted by Crippen LogP contribution is 2.32. The van der Waals surface area contributed by atoms with Crippen molar-refractivity contribution in [2.75, 3.05) is 19.8 Å². The second-order valence-corrected chi connectivity index (χ2v) is 8.65. The van der Waals surface area contributed by atoms with Gasteiger partial charge in [0.2, 0.25) is 0 Å². The van der Waals surface area contributed by atoms with Crippen molar-refractivity contribution in [3.05, 3.63) is 0 Å². The highest BCUT2D eigenvalue weighted by atomic mass is 16.7. The van der Waals surface area contributed by atoms with E-state index < -0.39 is 112 Å². The number of hydrogen-bond donors (Lipinski definition) is 10. The quantitative estimate of drug-likeness (QED) is 0.155. The van der Waals surface area contributed by atoms with Gasteiger partial charge in [0.1, 0.15) is 73.2 Å². The Morgan fingerprint density at radius 2 is 0.912 bits per heavy atom. The molecular formula is C19H34O15. The first kappa shape index (κ1) is 28.0. The summed E-state index contributed by atoms with van der Waals surface area (Å²) in [5.74, 6) is 0. The minimum Gasteiger partial charge on any atom is -0.394 e. The van der Waals surface area contributed by atoms with Crippen LogP contribution in [0.1, 0.15) is 6.92 Å². The topological polar surface area (TPSA) is 248 Å². The van der Waals surface area contributed by atoms with E-state index in [-0.39, 0.29) is 0 Å². The average Bonchev–Trinajstić information content (AvgIpc) is 2.82. The normalized spacial score (nSPS) is 52.5. The summed E-state index contributed by atoms with van der Waals surface area (Å²) in [6.07, 6.45) is -22.9. The fraction of sp³-hybridized carbons (Fsp3) is 1.00. The van der Waals surface area contributed by atoms with Crippen LogP contribution < -0.4 is 0 Å². The third-order valence-electron chi connectivity index (χ3n) is 6.36. The van der Waals surface area contributed by atoms with Gasteiger partial charge in [-0.15, -0.1) is 0 Å². The van der Waals surface area contributed by atoms with Crippen LogP contribution >= 0.6 is 0 Å². The summed E-state index contributed by atoms with van der Waals surface area (Å²) in [7, 11) is 0. The minimum absolute atomic E-state index is 0.590. The molecule has 3 saturated heterocycles. The highest BCUT2D eigenvalue weighted by Gasteiger charge is 2.53. The Balaban J connectivity index is 1.78. The van der Waals surface area contributed by atoms with Crippen molar-refractivity contribution in [2.24, 2.45) is 0 Å². The van der Waals surface area contributed by atoms with Crippen molar-refractivity contribution in [3.8, 4) is 0 Å². The van der Waals surface area contributed by atoms with Gasteiger partial charge in [0.15, 0.2) is 12.6 Å². The van der Waals surface area contributed by atoms with Gasteiger partial charge in [0, 0.05) is 0 Å². The van der Waals surface area contributed by atoms with Crippen molar-refractivity contribution in [2.45, 2.75) is 98.9 Å². The zero-order valence-electron chi connectivity index (χ0n) is 18.3. The Morgan fingerprint density at radius 1 is 0.500 bits per heavy atom. The Hall–Kier alpha value is -0.600. The van der Waals surface area contributed by atoms with Crippen LogP contribution in [-0.2, 0) is 23.7 Å². The summed E-state index contributed by atoms with van der Waals surface area (Å²) < 4.78 is 27.0. The molecule has 15 heteroatoms. The molecule has 6 unspecified atom stereocenters. The van der Waals surface area contributed by atoms with Gasteiger partial charge in [0.25, 0.3) is 0 Å². The van der Waals surface area contributed by atoms with Crippen LogP contribution in [0, 0.1) is 0 Å². The van der Waals surface area contributed by atoms with Crippen molar-refractivity contribution >= 4 is 0 Å². The van der Waals surface area contributed by atoms with E-state index in [0.29, 0.717) is 0 Å². The Morgan fingerprint density at radius 3 is 1.41 bits per heavy atom. The van der Waals surface area contributed by atoms with Crippen LogP contribution in [0.3, 0.4) is 0 Å². The molecule has 10 N–H and O–H groups in total. The molecule has 3 aliphatic heterocycles. The van der Waals surface area contributed by atoms with Crippen molar-refractivity contribution in [3.63, 3.8) is 0 Å². The maximum atomic E-state index is 10.8. The zero-order valence-corrected chi connectivity index (χ0v) is 18.3. The SMILES string of the molecule is C[C@@H]1OC(CO)[C@@H](O)C(O[C@@H]2OC(CO)[C@@H](O)C(O[C@@H]3OC(CO)[C@@H](O)C(O)[C@@H]3O)[C@@H]2O)[C@@H]1O. The second-order valence-electron chi connectivity index (χ2n) is 8.65. The van der Waals surface area contributed by atoms with Gasteiger partial charge in [0.05, 0.1) is 25.9 Å². The van der Waals surface area contributed by atoms with Crippen LogP contribution in [0.15, 0.2) is 0 Å². The molecule has 0 aromatic carbocycles. The first-order valence-corrected chi connectivity index (χ1v) is 10.9. The molecule has 3 heterocycles. The summed E-state index contributed by atoms with van der Waals surface area (Å²) in [5.41, 5.74) is 0. The molecule has 0 amide bonds. The van der Waals surface area contributed by atoms with Gasteiger partial charge in [-0.2, -0.15) is 0 Å². The Bertz CT molecular complexity index is 639. The number of aliphatic hydroxyl groups is 10. The molecule has 0 aliphatic carbocycles. The van der Waals surface area contributed by atoms with Crippen LogP contribution in [0.5, 0.6) is 0 Å². The fourth-order valence-electron chi connectivity index (χ4n) is 4.25. The molecule has 200 valence electrons. The Kier molecular flexibility index (Phi) is 9.57. The predicted molar refractivity (Wildman–Crippen MR) is 105 cm³/mol. The maximum Gasteiger partial charge on any atom is 0.187 e. The minimum atomic E-state index is -1.84. The molecule has 3 rings (SSSR count). The molecule has 34 heavy (non-hydrogen) atoms. The largest absolute Gasteiger partial charge is 0.394 e. The lowest BCUT2D eigenvalue weighted by Gasteiger charge is -2.48. The number of aliphatic hydroxyl groups excluding tert-OH is 10. The molecule has 0 spiro atoms. The van der Waals surface area contributed by atoms with Gasteiger partial charge in [-0.3, -0.25) is 0 Å². The molecule has 15 nitrogen and oxygen atoms in total. The predicted octanol–water partition coefficient (Wildman–Crippen LogP) is -6.50. The van der Waals surface area contributed by atoms with Gasteiger partial charge < -0.3 is 74.7 Å². The molecule has 0 aromatic heterocycles. The van der Waals surface area contributed by atoms with Crippen molar-refractivity contribution < 1.29 is 74.7 Å². The monoisotopic (exact) mass is 502 g/mol. The van der Waals surface area contributed by atoms with Crippen LogP contribution in [-0.4, -0.2) is 163 Å². The molecule has 3 fully saturated rings. The van der Waals surface area contributed by atoms with E-state index in [1.54, 1.807) is 0 Å². The molecular weight excluding hydrogens is 468 g/mol. The Labute approximate surface area is 194 Å². The number of rotatable bonds is 7. The second kappa shape index (κ2) is 11.6. The van der Waals surface area contributed by atoms with Crippen LogP contribution in [0.4, 0.5) is 0 Å². The first-order chi connectivity index (χ1) is 16.0. The van der Waals surface area contributed by atoms with Gasteiger partial charge >= 0.3 is 0 Å². The summed E-state index contributed by atoms with van der Waals surface area (Å²) in [5, 5.41) is 101. The van der Waals surface area contributed by atoms with E-state index in [0.717, 1.165) is 0 Å². The van der Waals surface area contributed by atoms with Gasteiger partial charge in [-0.25, -0.2) is 0 Å². The summed E-state index contributed by atoms with van der Waals surface area (Å²) in [6, 6.07) is 0.